The van der Waals surface area contributed by atoms with Gasteiger partial charge in [-0.05, 0) is 60.7 Å². The first-order valence-electron chi connectivity index (χ1n) is 9.06. The van der Waals surface area contributed by atoms with Gasteiger partial charge in [-0.1, -0.05) is 23.7 Å². The van der Waals surface area contributed by atoms with E-state index in [1.807, 2.05) is 0 Å². The Morgan fingerprint density at radius 1 is 1.19 bits per heavy atom. The molecule has 0 saturated carbocycles. The van der Waals surface area contributed by atoms with Gasteiger partial charge in [0.05, 0.1) is 22.1 Å². The number of hydrogen-bond donors (Lipinski definition) is 1. The van der Waals surface area contributed by atoms with E-state index in [2.05, 4.69) is 5.32 Å². The lowest BCUT2D eigenvalue weighted by molar-refractivity contribution is -0.127. The van der Waals surface area contributed by atoms with Crippen molar-refractivity contribution in [3.05, 3.63) is 69.3 Å². The zero-order valence-electron chi connectivity index (χ0n) is 16.2. The summed E-state index contributed by atoms with van der Waals surface area (Å²) in [5.74, 6) is -2.32. The zero-order valence-corrected chi connectivity index (χ0v) is 17.8. The number of carbonyl (C=O) groups is 4. The molecule has 31 heavy (non-hydrogen) atoms. The summed E-state index contributed by atoms with van der Waals surface area (Å²) in [7, 11) is 0. The molecule has 0 aliphatic carbocycles. The van der Waals surface area contributed by atoms with Crippen LogP contribution in [0.5, 0.6) is 0 Å². The minimum absolute atomic E-state index is 0.0784. The standard InChI is InChI=1S/C21H16ClFN2O5S/c1-2-30-20(28)15-10-14(7-8-16(15)22)24-18(26)11-25-19(27)17(31-21(25)29)9-12-3-5-13(23)6-4-12/h3-10H,2,11H2,1H3,(H,24,26)/b17-9+. The van der Waals surface area contributed by atoms with Crippen LogP contribution in [-0.4, -0.2) is 41.1 Å². The highest BCUT2D eigenvalue weighted by atomic mass is 35.5. The Balaban J connectivity index is 1.68. The number of nitrogens with zero attached hydrogens (tertiary/aromatic N) is 1. The fourth-order valence-electron chi connectivity index (χ4n) is 2.66. The predicted octanol–water partition coefficient (Wildman–Crippen LogP) is 4.33. The molecule has 7 nitrogen and oxygen atoms in total. The fraction of sp³-hybridized carbons (Fsp3) is 0.143. The van der Waals surface area contributed by atoms with Crippen LogP contribution in [0.3, 0.4) is 0 Å². The van der Waals surface area contributed by atoms with E-state index < -0.39 is 35.4 Å². The number of thioether (sulfide) groups is 1. The highest BCUT2D eigenvalue weighted by molar-refractivity contribution is 8.18. The number of imide groups is 1. The van der Waals surface area contributed by atoms with Gasteiger partial charge in [0.15, 0.2) is 0 Å². The lowest BCUT2D eigenvalue weighted by atomic mass is 10.2. The summed E-state index contributed by atoms with van der Waals surface area (Å²) in [6.07, 6.45) is 1.45. The van der Waals surface area contributed by atoms with Gasteiger partial charge >= 0.3 is 5.97 Å². The Kier molecular flexibility index (Phi) is 7.09. The van der Waals surface area contributed by atoms with Gasteiger partial charge in [0, 0.05) is 5.69 Å². The number of halogens is 2. The van der Waals surface area contributed by atoms with Gasteiger partial charge < -0.3 is 10.1 Å². The molecule has 3 amide bonds. The normalized spacial score (nSPS) is 14.8. The molecule has 0 spiro atoms. The molecule has 0 unspecified atom stereocenters. The summed E-state index contributed by atoms with van der Waals surface area (Å²) in [4.78, 5) is 49.9. The Labute approximate surface area is 186 Å². The Morgan fingerprint density at radius 3 is 2.58 bits per heavy atom. The number of hydrogen-bond acceptors (Lipinski definition) is 6. The Morgan fingerprint density at radius 2 is 1.90 bits per heavy atom. The van der Waals surface area contributed by atoms with Gasteiger partial charge in [-0.3, -0.25) is 19.3 Å². The van der Waals surface area contributed by atoms with Gasteiger partial charge in [0.1, 0.15) is 12.4 Å². The number of esters is 1. The van der Waals surface area contributed by atoms with E-state index in [0.717, 1.165) is 4.90 Å². The van der Waals surface area contributed by atoms with E-state index in [9.17, 15) is 23.6 Å². The number of amides is 3. The Bertz CT molecular complexity index is 1090. The summed E-state index contributed by atoms with van der Waals surface area (Å²) in [6, 6.07) is 9.66. The molecule has 0 radical (unpaired) electrons. The van der Waals surface area contributed by atoms with Crippen LogP contribution in [0.2, 0.25) is 5.02 Å². The molecule has 1 heterocycles. The number of rotatable bonds is 6. The summed E-state index contributed by atoms with van der Waals surface area (Å²) >= 11 is 6.68. The van der Waals surface area contributed by atoms with Crippen molar-refractivity contribution in [1.29, 1.82) is 0 Å². The quantitative estimate of drug-likeness (QED) is 0.507. The van der Waals surface area contributed by atoms with E-state index in [1.165, 1.54) is 48.5 Å². The van der Waals surface area contributed by atoms with E-state index in [1.54, 1.807) is 6.92 Å². The first-order chi connectivity index (χ1) is 14.8. The SMILES string of the molecule is CCOC(=O)c1cc(NC(=O)CN2C(=O)S/C(=C/c3ccc(F)cc3)C2=O)ccc1Cl. The van der Waals surface area contributed by atoms with Crippen LogP contribution in [0.1, 0.15) is 22.8 Å². The lowest BCUT2D eigenvalue weighted by Crippen LogP contribution is -2.36. The van der Waals surface area contributed by atoms with Crippen molar-refractivity contribution in [3.63, 3.8) is 0 Å². The molecule has 1 aliphatic rings. The lowest BCUT2D eigenvalue weighted by Gasteiger charge is -2.13. The second-order valence-corrected chi connectivity index (χ2v) is 7.68. The van der Waals surface area contributed by atoms with Crippen molar-refractivity contribution >= 4 is 58.1 Å². The molecule has 2 aromatic carbocycles. The first kappa shape index (κ1) is 22.5. The average molecular weight is 463 g/mol. The molecular weight excluding hydrogens is 447 g/mol. The minimum atomic E-state index is -0.638. The minimum Gasteiger partial charge on any atom is -0.462 e. The molecule has 1 aliphatic heterocycles. The summed E-state index contributed by atoms with van der Waals surface area (Å²) < 4.78 is 17.9. The van der Waals surface area contributed by atoms with Gasteiger partial charge in [0.25, 0.3) is 11.1 Å². The molecule has 10 heteroatoms. The topological polar surface area (TPSA) is 92.8 Å². The van der Waals surface area contributed by atoms with Crippen LogP contribution in [0.15, 0.2) is 47.4 Å². The van der Waals surface area contributed by atoms with Crippen molar-refractivity contribution in [2.75, 3.05) is 18.5 Å². The van der Waals surface area contributed by atoms with Crippen molar-refractivity contribution in [2.24, 2.45) is 0 Å². The first-order valence-corrected chi connectivity index (χ1v) is 10.3. The highest BCUT2D eigenvalue weighted by Gasteiger charge is 2.36. The van der Waals surface area contributed by atoms with Crippen LogP contribution in [0, 0.1) is 5.82 Å². The van der Waals surface area contributed by atoms with Crippen LogP contribution in [-0.2, 0) is 14.3 Å². The molecule has 0 bridgehead atoms. The molecular formula is C21H16ClFN2O5S. The number of nitrogens with one attached hydrogen (secondary N) is 1. The largest absolute Gasteiger partial charge is 0.462 e. The maximum atomic E-state index is 13.0. The van der Waals surface area contributed by atoms with Gasteiger partial charge in [-0.2, -0.15) is 0 Å². The number of carbonyl (C=O) groups excluding carboxylic acids is 4. The van der Waals surface area contributed by atoms with Crippen molar-refractivity contribution < 1.29 is 28.3 Å². The summed E-state index contributed by atoms with van der Waals surface area (Å²) in [6.45, 7) is 1.30. The third kappa shape index (κ3) is 5.50. The summed E-state index contributed by atoms with van der Waals surface area (Å²) in [5, 5.41) is 2.08. The Hall–Kier alpha value is -3.17. The second kappa shape index (κ2) is 9.76. The molecule has 3 rings (SSSR count). The number of anilines is 1. The molecule has 160 valence electrons. The van der Waals surface area contributed by atoms with E-state index >= 15 is 0 Å². The molecule has 1 fully saturated rings. The van der Waals surface area contributed by atoms with Crippen LogP contribution >= 0.6 is 23.4 Å². The molecule has 0 aromatic heterocycles. The predicted molar refractivity (Wildman–Crippen MR) is 115 cm³/mol. The van der Waals surface area contributed by atoms with Crippen LogP contribution in [0.4, 0.5) is 14.9 Å². The van der Waals surface area contributed by atoms with Crippen LogP contribution in [0.25, 0.3) is 6.08 Å². The van der Waals surface area contributed by atoms with E-state index in [0.29, 0.717) is 17.3 Å². The zero-order chi connectivity index (χ0) is 22.5. The van der Waals surface area contributed by atoms with E-state index in [4.69, 9.17) is 16.3 Å². The average Bonchev–Trinajstić information content (AvgIpc) is 2.98. The highest BCUT2D eigenvalue weighted by Crippen LogP contribution is 2.32. The number of ether oxygens (including phenoxy) is 1. The second-order valence-electron chi connectivity index (χ2n) is 6.28. The molecule has 1 saturated heterocycles. The molecule has 1 N–H and O–H groups in total. The summed E-state index contributed by atoms with van der Waals surface area (Å²) in [5.41, 5.74) is 0.880. The molecule has 2 aromatic rings. The third-order valence-corrected chi connectivity index (χ3v) is 5.33. The maximum Gasteiger partial charge on any atom is 0.339 e. The monoisotopic (exact) mass is 462 g/mol. The van der Waals surface area contributed by atoms with Crippen molar-refractivity contribution in [1.82, 2.24) is 4.90 Å². The smallest absolute Gasteiger partial charge is 0.339 e. The fourth-order valence-corrected chi connectivity index (χ4v) is 3.69. The van der Waals surface area contributed by atoms with Gasteiger partial charge in [-0.15, -0.1) is 0 Å². The van der Waals surface area contributed by atoms with Crippen molar-refractivity contribution in [3.8, 4) is 0 Å². The van der Waals surface area contributed by atoms with Crippen molar-refractivity contribution in [2.45, 2.75) is 6.92 Å². The van der Waals surface area contributed by atoms with Gasteiger partial charge in [0.2, 0.25) is 5.91 Å². The van der Waals surface area contributed by atoms with Crippen LogP contribution < -0.4 is 5.32 Å². The van der Waals surface area contributed by atoms with E-state index in [-0.39, 0.29) is 27.8 Å². The maximum absolute atomic E-state index is 13.0. The third-order valence-electron chi connectivity index (χ3n) is 4.09. The van der Waals surface area contributed by atoms with Gasteiger partial charge in [-0.25, -0.2) is 9.18 Å². The molecule has 0 atom stereocenters. The number of benzene rings is 2.